The highest BCUT2D eigenvalue weighted by atomic mass is 16.5. The Hall–Kier alpha value is -0.790. The van der Waals surface area contributed by atoms with Crippen molar-refractivity contribution in [1.29, 1.82) is 0 Å². The van der Waals surface area contributed by atoms with Crippen molar-refractivity contribution in [3.8, 4) is 0 Å². The molecule has 0 aromatic heterocycles. The van der Waals surface area contributed by atoms with E-state index in [2.05, 4.69) is 13.5 Å². The SMILES string of the molecule is C=CCCCCCCCCOC(=O)C(C)CCCC. The van der Waals surface area contributed by atoms with Gasteiger partial charge in [0, 0.05) is 0 Å². The van der Waals surface area contributed by atoms with Crippen LogP contribution in [0.25, 0.3) is 0 Å². The molecule has 0 radical (unpaired) electrons. The summed E-state index contributed by atoms with van der Waals surface area (Å²) in [5.74, 6) is 0.0540. The minimum atomic E-state index is -0.0144. The maximum atomic E-state index is 11.6. The number of esters is 1. The van der Waals surface area contributed by atoms with Crippen LogP contribution in [0.5, 0.6) is 0 Å². The normalized spacial score (nSPS) is 12.1. The predicted octanol–water partition coefficient (Wildman–Crippen LogP) is 5.27. The third-order valence-electron chi connectivity index (χ3n) is 3.44. The molecule has 0 heterocycles. The zero-order valence-electron chi connectivity index (χ0n) is 13.0. The molecule has 0 rings (SSSR count). The molecule has 0 spiro atoms. The lowest BCUT2D eigenvalue weighted by Gasteiger charge is -2.10. The molecule has 19 heavy (non-hydrogen) atoms. The van der Waals surface area contributed by atoms with E-state index in [4.69, 9.17) is 4.74 Å². The molecule has 112 valence electrons. The molecule has 0 aliphatic rings. The second kappa shape index (κ2) is 13.6. The summed E-state index contributed by atoms with van der Waals surface area (Å²) >= 11 is 0. The first-order valence-electron chi connectivity index (χ1n) is 7.99. The summed E-state index contributed by atoms with van der Waals surface area (Å²) in [5.41, 5.74) is 0. The van der Waals surface area contributed by atoms with Gasteiger partial charge in [-0.25, -0.2) is 0 Å². The number of hydrogen-bond donors (Lipinski definition) is 0. The van der Waals surface area contributed by atoms with Gasteiger partial charge in [-0.15, -0.1) is 6.58 Å². The number of allylic oxidation sites excluding steroid dienone is 1. The molecule has 2 nitrogen and oxygen atoms in total. The largest absolute Gasteiger partial charge is 0.465 e. The van der Waals surface area contributed by atoms with Crippen LogP contribution in [0.2, 0.25) is 0 Å². The summed E-state index contributed by atoms with van der Waals surface area (Å²) in [7, 11) is 0. The molecule has 1 unspecified atom stereocenters. The first-order chi connectivity index (χ1) is 9.22. The standard InChI is InChI=1S/C17H32O2/c1-4-6-8-9-10-11-12-13-15-19-17(18)16(3)14-7-5-2/h4,16H,1,5-15H2,2-3H3. The molecule has 0 bridgehead atoms. The average Bonchev–Trinajstić information content (AvgIpc) is 2.42. The first kappa shape index (κ1) is 18.2. The van der Waals surface area contributed by atoms with E-state index >= 15 is 0 Å². The third-order valence-corrected chi connectivity index (χ3v) is 3.44. The zero-order valence-corrected chi connectivity index (χ0v) is 13.0. The van der Waals surface area contributed by atoms with Gasteiger partial charge < -0.3 is 4.74 Å². The smallest absolute Gasteiger partial charge is 0.308 e. The van der Waals surface area contributed by atoms with Crippen molar-refractivity contribution in [1.82, 2.24) is 0 Å². The Morgan fingerprint density at radius 3 is 2.37 bits per heavy atom. The molecule has 2 heteroatoms. The zero-order chi connectivity index (χ0) is 14.3. The fourth-order valence-corrected chi connectivity index (χ4v) is 2.04. The molecular weight excluding hydrogens is 236 g/mol. The maximum absolute atomic E-state index is 11.6. The Balaban J connectivity index is 3.29. The van der Waals surface area contributed by atoms with Gasteiger partial charge in [0.05, 0.1) is 12.5 Å². The highest BCUT2D eigenvalue weighted by Crippen LogP contribution is 2.11. The minimum Gasteiger partial charge on any atom is -0.465 e. The molecule has 0 amide bonds. The van der Waals surface area contributed by atoms with Crippen molar-refractivity contribution >= 4 is 5.97 Å². The third kappa shape index (κ3) is 12.0. The van der Waals surface area contributed by atoms with Crippen molar-refractivity contribution < 1.29 is 9.53 Å². The van der Waals surface area contributed by atoms with Crippen LogP contribution in [0.1, 0.15) is 78.1 Å². The van der Waals surface area contributed by atoms with Gasteiger partial charge in [0.1, 0.15) is 0 Å². The predicted molar refractivity (Wildman–Crippen MR) is 82.2 cm³/mol. The molecule has 0 aliphatic heterocycles. The van der Waals surface area contributed by atoms with E-state index in [-0.39, 0.29) is 11.9 Å². The van der Waals surface area contributed by atoms with Gasteiger partial charge in [-0.05, 0) is 25.7 Å². The van der Waals surface area contributed by atoms with E-state index in [0.29, 0.717) is 6.61 Å². The van der Waals surface area contributed by atoms with Crippen molar-refractivity contribution in [2.24, 2.45) is 5.92 Å². The van der Waals surface area contributed by atoms with E-state index in [0.717, 1.165) is 32.1 Å². The van der Waals surface area contributed by atoms with E-state index in [1.165, 1.54) is 32.1 Å². The number of carbonyl (C=O) groups is 1. The Kier molecular flexibility index (Phi) is 13.1. The van der Waals surface area contributed by atoms with Crippen molar-refractivity contribution in [3.63, 3.8) is 0 Å². The van der Waals surface area contributed by atoms with Gasteiger partial charge in [-0.2, -0.15) is 0 Å². The molecule has 0 fully saturated rings. The monoisotopic (exact) mass is 268 g/mol. The van der Waals surface area contributed by atoms with E-state index < -0.39 is 0 Å². The fourth-order valence-electron chi connectivity index (χ4n) is 2.04. The molecule has 0 aliphatic carbocycles. The molecular formula is C17H32O2. The summed E-state index contributed by atoms with van der Waals surface area (Å²) in [6.45, 7) is 8.43. The lowest BCUT2D eigenvalue weighted by atomic mass is 10.1. The van der Waals surface area contributed by atoms with Crippen LogP contribution in [-0.2, 0) is 9.53 Å². The Morgan fingerprint density at radius 2 is 1.74 bits per heavy atom. The Morgan fingerprint density at radius 1 is 1.11 bits per heavy atom. The van der Waals surface area contributed by atoms with Crippen molar-refractivity contribution in [2.75, 3.05) is 6.61 Å². The van der Waals surface area contributed by atoms with Gasteiger partial charge in [0.2, 0.25) is 0 Å². The number of carbonyl (C=O) groups excluding carboxylic acids is 1. The lowest BCUT2D eigenvalue weighted by molar-refractivity contribution is -0.148. The Labute approximate surface area is 119 Å². The lowest BCUT2D eigenvalue weighted by Crippen LogP contribution is -2.15. The summed E-state index contributed by atoms with van der Waals surface area (Å²) in [6, 6.07) is 0. The van der Waals surface area contributed by atoms with Crippen LogP contribution in [0.3, 0.4) is 0 Å². The molecule has 1 atom stereocenters. The van der Waals surface area contributed by atoms with Crippen LogP contribution in [0.4, 0.5) is 0 Å². The van der Waals surface area contributed by atoms with Gasteiger partial charge >= 0.3 is 5.97 Å². The molecule has 0 aromatic carbocycles. The summed E-state index contributed by atoms with van der Waals surface area (Å²) in [5, 5.41) is 0. The quantitative estimate of drug-likeness (QED) is 0.258. The summed E-state index contributed by atoms with van der Waals surface area (Å²) in [4.78, 5) is 11.6. The van der Waals surface area contributed by atoms with Crippen LogP contribution in [0, 0.1) is 5.92 Å². The van der Waals surface area contributed by atoms with Gasteiger partial charge in [0.25, 0.3) is 0 Å². The average molecular weight is 268 g/mol. The van der Waals surface area contributed by atoms with Crippen LogP contribution in [0.15, 0.2) is 12.7 Å². The van der Waals surface area contributed by atoms with Crippen LogP contribution >= 0.6 is 0 Å². The van der Waals surface area contributed by atoms with Gasteiger partial charge in [-0.3, -0.25) is 4.79 Å². The fraction of sp³-hybridized carbons (Fsp3) is 0.824. The highest BCUT2D eigenvalue weighted by molar-refractivity contribution is 5.71. The summed E-state index contributed by atoms with van der Waals surface area (Å²) < 4.78 is 5.29. The molecule has 0 N–H and O–H groups in total. The number of hydrogen-bond acceptors (Lipinski definition) is 2. The first-order valence-corrected chi connectivity index (χ1v) is 7.99. The van der Waals surface area contributed by atoms with E-state index in [1.54, 1.807) is 0 Å². The van der Waals surface area contributed by atoms with E-state index in [1.807, 2.05) is 13.0 Å². The van der Waals surface area contributed by atoms with Crippen molar-refractivity contribution in [3.05, 3.63) is 12.7 Å². The number of ether oxygens (including phenoxy) is 1. The van der Waals surface area contributed by atoms with Crippen LogP contribution < -0.4 is 0 Å². The second-order valence-corrected chi connectivity index (χ2v) is 5.41. The van der Waals surface area contributed by atoms with E-state index in [9.17, 15) is 4.79 Å². The highest BCUT2D eigenvalue weighted by Gasteiger charge is 2.12. The van der Waals surface area contributed by atoms with Gasteiger partial charge in [-0.1, -0.05) is 58.4 Å². The van der Waals surface area contributed by atoms with Crippen molar-refractivity contribution in [2.45, 2.75) is 78.1 Å². The second-order valence-electron chi connectivity index (χ2n) is 5.41. The topological polar surface area (TPSA) is 26.3 Å². The summed E-state index contributed by atoms with van der Waals surface area (Å²) in [6.07, 6.45) is 13.6. The molecule has 0 saturated carbocycles. The molecule has 0 saturated heterocycles. The molecule has 0 aromatic rings. The number of unbranched alkanes of at least 4 members (excludes halogenated alkanes) is 7. The van der Waals surface area contributed by atoms with Crippen LogP contribution in [-0.4, -0.2) is 12.6 Å². The maximum Gasteiger partial charge on any atom is 0.308 e. The van der Waals surface area contributed by atoms with Gasteiger partial charge in [0.15, 0.2) is 0 Å². The minimum absolute atomic E-state index is 0.0144. The Bertz CT molecular complexity index is 223. The number of rotatable bonds is 13.